The minimum atomic E-state index is -0.213. The van der Waals surface area contributed by atoms with Crippen molar-refractivity contribution < 1.29 is 9.59 Å². The number of carbonyl (C=O) groups excluding carboxylic acids is 2. The van der Waals surface area contributed by atoms with E-state index in [1.165, 1.54) is 16.2 Å². The smallest absolute Gasteiger partial charge is 0.257 e. The molecular weight excluding hydrogens is 390 g/mol. The topological polar surface area (TPSA) is 63.5 Å². The van der Waals surface area contributed by atoms with Crippen LogP contribution in [-0.4, -0.2) is 21.1 Å². The van der Waals surface area contributed by atoms with Gasteiger partial charge in [-0.05, 0) is 54.8 Å². The second-order valence-corrected chi connectivity index (χ2v) is 8.84. The summed E-state index contributed by atoms with van der Waals surface area (Å²) in [5.74, 6) is -0.204. The van der Waals surface area contributed by atoms with Gasteiger partial charge in [0.1, 0.15) is 10.6 Å². The molecule has 0 fully saturated rings. The van der Waals surface area contributed by atoms with Crippen molar-refractivity contribution in [1.29, 1.82) is 0 Å². The zero-order chi connectivity index (χ0) is 19.1. The minimum Gasteiger partial charge on any atom is -0.313 e. The van der Waals surface area contributed by atoms with Gasteiger partial charge >= 0.3 is 0 Å². The number of rotatable bonds is 4. The lowest BCUT2D eigenvalue weighted by atomic mass is 9.93. The van der Waals surface area contributed by atoms with Gasteiger partial charge in [-0.15, -0.1) is 22.7 Å². The molecule has 0 bridgehead atoms. The van der Waals surface area contributed by atoms with E-state index in [2.05, 4.69) is 10.3 Å². The molecule has 5 nitrogen and oxygen atoms in total. The van der Waals surface area contributed by atoms with Crippen molar-refractivity contribution in [3.63, 3.8) is 0 Å². The molecular formula is C21H17N3O2S2. The molecule has 0 unspecified atom stereocenters. The molecule has 0 radical (unpaired) electrons. The number of fused-ring (bicyclic) bond motifs is 2. The van der Waals surface area contributed by atoms with Crippen molar-refractivity contribution in [1.82, 2.24) is 9.38 Å². The Balaban J connectivity index is 1.52. The standard InChI is InChI=1S/C21H17N3O2S2/c25-19(16-6-3-11-27-16)18-14-4-1-2-5-15(14)28-21(18)23-20(26)13-7-8-17-22-9-10-24(17)12-13/h3,6-12H,1-2,4-5H2,(H,23,26). The Hall–Kier alpha value is -2.77. The van der Waals surface area contributed by atoms with E-state index in [0.717, 1.165) is 36.9 Å². The van der Waals surface area contributed by atoms with Crippen LogP contribution in [0.25, 0.3) is 5.65 Å². The highest BCUT2D eigenvalue weighted by Crippen LogP contribution is 2.40. The van der Waals surface area contributed by atoms with Crippen LogP contribution in [0.1, 0.15) is 48.9 Å². The molecule has 1 amide bonds. The van der Waals surface area contributed by atoms with E-state index in [0.29, 0.717) is 21.0 Å². The Morgan fingerprint density at radius 2 is 2.04 bits per heavy atom. The van der Waals surface area contributed by atoms with E-state index in [9.17, 15) is 9.59 Å². The maximum Gasteiger partial charge on any atom is 0.257 e. The van der Waals surface area contributed by atoms with Crippen molar-refractivity contribution in [2.75, 3.05) is 5.32 Å². The van der Waals surface area contributed by atoms with Gasteiger partial charge in [0.05, 0.1) is 16.0 Å². The Morgan fingerprint density at radius 3 is 2.89 bits per heavy atom. The lowest BCUT2D eigenvalue weighted by molar-refractivity contribution is 0.102. The number of nitrogens with zero attached hydrogens (tertiary/aromatic N) is 2. The zero-order valence-corrected chi connectivity index (χ0v) is 16.6. The minimum absolute atomic E-state index is 0.00904. The number of amides is 1. The molecule has 7 heteroatoms. The number of pyridine rings is 1. The summed E-state index contributed by atoms with van der Waals surface area (Å²) in [7, 11) is 0. The van der Waals surface area contributed by atoms with Gasteiger partial charge in [-0.1, -0.05) is 6.07 Å². The number of nitrogens with one attached hydrogen (secondary N) is 1. The van der Waals surface area contributed by atoms with Crippen LogP contribution in [0.3, 0.4) is 0 Å². The first-order valence-corrected chi connectivity index (χ1v) is 10.9. The fourth-order valence-corrected chi connectivity index (χ4v) is 5.61. The van der Waals surface area contributed by atoms with Crippen molar-refractivity contribution in [3.8, 4) is 0 Å². The Morgan fingerprint density at radius 1 is 1.14 bits per heavy atom. The third-order valence-electron chi connectivity index (χ3n) is 5.02. The van der Waals surface area contributed by atoms with Gasteiger partial charge in [0.25, 0.3) is 5.91 Å². The largest absolute Gasteiger partial charge is 0.313 e. The molecule has 4 aromatic heterocycles. The molecule has 4 heterocycles. The lowest BCUT2D eigenvalue weighted by Crippen LogP contribution is -2.15. The van der Waals surface area contributed by atoms with Crippen LogP contribution in [0.4, 0.5) is 5.00 Å². The van der Waals surface area contributed by atoms with E-state index in [4.69, 9.17) is 0 Å². The SMILES string of the molecule is O=C(Nc1sc2c(c1C(=O)c1cccs1)CCCC2)c1ccc2nccn2c1. The van der Waals surface area contributed by atoms with E-state index < -0.39 is 0 Å². The van der Waals surface area contributed by atoms with Crippen LogP contribution in [-0.2, 0) is 12.8 Å². The zero-order valence-electron chi connectivity index (χ0n) is 15.0. The Kier molecular flexibility index (Phi) is 4.33. The summed E-state index contributed by atoms with van der Waals surface area (Å²) in [6.07, 6.45) is 9.34. The number of imidazole rings is 1. The van der Waals surface area contributed by atoms with Gasteiger partial charge in [-0.25, -0.2) is 4.98 Å². The third-order valence-corrected chi connectivity index (χ3v) is 7.10. The van der Waals surface area contributed by atoms with Crippen LogP contribution >= 0.6 is 22.7 Å². The number of thiophene rings is 2. The average molecular weight is 408 g/mol. The second kappa shape index (κ2) is 7.00. The molecule has 0 aromatic carbocycles. The molecule has 1 N–H and O–H groups in total. The first-order valence-electron chi connectivity index (χ1n) is 9.17. The second-order valence-electron chi connectivity index (χ2n) is 6.79. The monoisotopic (exact) mass is 407 g/mol. The number of aromatic nitrogens is 2. The summed E-state index contributed by atoms with van der Waals surface area (Å²) in [4.78, 5) is 32.2. The van der Waals surface area contributed by atoms with E-state index in [1.807, 2.05) is 34.2 Å². The summed E-state index contributed by atoms with van der Waals surface area (Å²) in [5, 5.41) is 5.59. The highest BCUT2D eigenvalue weighted by molar-refractivity contribution is 7.17. The van der Waals surface area contributed by atoms with E-state index >= 15 is 0 Å². The molecule has 0 atom stereocenters. The summed E-state index contributed by atoms with van der Waals surface area (Å²) < 4.78 is 1.81. The van der Waals surface area contributed by atoms with Gasteiger partial charge in [-0.3, -0.25) is 9.59 Å². The average Bonchev–Trinajstić information content (AvgIpc) is 3.45. The van der Waals surface area contributed by atoms with Gasteiger partial charge in [0.15, 0.2) is 0 Å². The molecule has 0 saturated carbocycles. The van der Waals surface area contributed by atoms with Gasteiger partial charge in [-0.2, -0.15) is 0 Å². The van der Waals surface area contributed by atoms with Crippen molar-refractivity contribution in [2.24, 2.45) is 0 Å². The number of carbonyl (C=O) groups is 2. The molecule has 28 heavy (non-hydrogen) atoms. The maximum atomic E-state index is 13.2. The van der Waals surface area contributed by atoms with Crippen LogP contribution < -0.4 is 5.32 Å². The molecule has 5 rings (SSSR count). The summed E-state index contributed by atoms with van der Waals surface area (Å²) in [6, 6.07) is 7.30. The maximum absolute atomic E-state index is 13.2. The molecule has 0 saturated heterocycles. The quantitative estimate of drug-likeness (QED) is 0.493. The van der Waals surface area contributed by atoms with Crippen LogP contribution in [0, 0.1) is 0 Å². The third kappa shape index (κ3) is 2.96. The molecule has 0 spiro atoms. The highest BCUT2D eigenvalue weighted by atomic mass is 32.1. The molecule has 4 aromatic rings. The lowest BCUT2D eigenvalue weighted by Gasteiger charge is -2.12. The summed E-state index contributed by atoms with van der Waals surface area (Å²) in [6.45, 7) is 0. The fourth-order valence-electron chi connectivity index (χ4n) is 3.65. The summed E-state index contributed by atoms with van der Waals surface area (Å²) >= 11 is 2.99. The summed E-state index contributed by atoms with van der Waals surface area (Å²) in [5.41, 5.74) is 3.12. The molecule has 1 aliphatic carbocycles. The number of aryl methyl sites for hydroxylation is 1. The number of anilines is 1. The molecule has 0 aliphatic heterocycles. The predicted octanol–water partition coefficient (Wildman–Crippen LogP) is 4.82. The highest BCUT2D eigenvalue weighted by Gasteiger charge is 2.27. The number of hydrogen-bond donors (Lipinski definition) is 1. The fraction of sp³-hybridized carbons (Fsp3) is 0.190. The van der Waals surface area contributed by atoms with Crippen LogP contribution in [0.2, 0.25) is 0 Å². The van der Waals surface area contributed by atoms with Crippen molar-refractivity contribution in [3.05, 3.63) is 74.7 Å². The van der Waals surface area contributed by atoms with Gasteiger partial charge in [0, 0.05) is 23.5 Å². The number of hydrogen-bond acceptors (Lipinski definition) is 5. The number of ketones is 1. The van der Waals surface area contributed by atoms with E-state index in [1.54, 1.807) is 29.8 Å². The molecule has 1 aliphatic rings. The molecule has 140 valence electrons. The normalized spacial score (nSPS) is 13.4. The predicted molar refractivity (Wildman–Crippen MR) is 112 cm³/mol. The van der Waals surface area contributed by atoms with Gasteiger partial charge in [0.2, 0.25) is 5.78 Å². The van der Waals surface area contributed by atoms with Crippen molar-refractivity contribution in [2.45, 2.75) is 25.7 Å². The Labute approximate surface area is 169 Å². The Bertz CT molecular complexity index is 1190. The van der Waals surface area contributed by atoms with Crippen molar-refractivity contribution >= 4 is 45.0 Å². The van der Waals surface area contributed by atoms with Gasteiger partial charge < -0.3 is 9.72 Å². The van der Waals surface area contributed by atoms with Crippen LogP contribution in [0.15, 0.2) is 48.2 Å². The first kappa shape index (κ1) is 17.3. The first-order chi connectivity index (χ1) is 13.7. The van der Waals surface area contributed by atoms with E-state index in [-0.39, 0.29) is 11.7 Å². The van der Waals surface area contributed by atoms with Crippen LogP contribution in [0.5, 0.6) is 0 Å².